The molecule has 0 radical (unpaired) electrons. The fraction of sp³-hybridized carbons (Fsp3) is 0.500. The highest BCUT2D eigenvalue weighted by Gasteiger charge is 2.30. The molecule has 1 aliphatic carbocycles. The number of ether oxygens (including phenoxy) is 1. The lowest BCUT2D eigenvalue weighted by Gasteiger charge is -2.11. The number of benzene rings is 1. The third-order valence-electron chi connectivity index (χ3n) is 4.03. The summed E-state index contributed by atoms with van der Waals surface area (Å²) in [6.45, 7) is 0.174. The van der Waals surface area contributed by atoms with Gasteiger partial charge in [0.1, 0.15) is 0 Å². The molecule has 1 saturated carbocycles. The van der Waals surface area contributed by atoms with Crippen molar-refractivity contribution in [2.45, 2.75) is 42.2 Å². The maximum atomic E-state index is 12.4. The van der Waals surface area contributed by atoms with Gasteiger partial charge < -0.3 is 10.1 Å². The highest BCUT2D eigenvalue weighted by Crippen LogP contribution is 2.29. The van der Waals surface area contributed by atoms with Gasteiger partial charge in [-0.15, -0.1) is 0 Å². The van der Waals surface area contributed by atoms with Crippen molar-refractivity contribution in [2.75, 3.05) is 13.7 Å². The fourth-order valence-corrected chi connectivity index (χ4v) is 4.52. The lowest BCUT2D eigenvalue weighted by molar-refractivity contribution is -0.140. The van der Waals surface area contributed by atoms with Gasteiger partial charge in [0.2, 0.25) is 0 Å². The van der Waals surface area contributed by atoms with Crippen LogP contribution in [0, 0.1) is 0 Å². The van der Waals surface area contributed by atoms with Gasteiger partial charge in [0.25, 0.3) is 5.91 Å². The zero-order valence-electron chi connectivity index (χ0n) is 13.1. The first kappa shape index (κ1) is 17.5. The molecular formula is C16H21NO5S. The van der Waals surface area contributed by atoms with Crippen molar-refractivity contribution < 1.29 is 22.7 Å². The van der Waals surface area contributed by atoms with E-state index in [9.17, 15) is 18.0 Å². The predicted molar refractivity (Wildman–Crippen MR) is 84.9 cm³/mol. The van der Waals surface area contributed by atoms with Gasteiger partial charge in [-0.05, 0) is 37.1 Å². The van der Waals surface area contributed by atoms with E-state index in [0.29, 0.717) is 18.4 Å². The third kappa shape index (κ3) is 4.31. The summed E-state index contributed by atoms with van der Waals surface area (Å²) in [5.41, 5.74) is 0.361. The zero-order valence-corrected chi connectivity index (χ0v) is 13.9. The van der Waals surface area contributed by atoms with Gasteiger partial charge in [-0.1, -0.05) is 12.8 Å². The average molecular weight is 339 g/mol. The van der Waals surface area contributed by atoms with Crippen LogP contribution in [0.2, 0.25) is 0 Å². The molecule has 7 heteroatoms. The van der Waals surface area contributed by atoms with Crippen LogP contribution in [0.25, 0.3) is 0 Å². The van der Waals surface area contributed by atoms with E-state index in [1.54, 1.807) is 0 Å². The maximum Gasteiger partial charge on any atom is 0.307 e. The highest BCUT2D eigenvalue weighted by atomic mass is 32.2. The third-order valence-corrected chi connectivity index (χ3v) is 6.31. The van der Waals surface area contributed by atoms with Gasteiger partial charge >= 0.3 is 5.97 Å². The molecule has 23 heavy (non-hydrogen) atoms. The molecule has 0 spiro atoms. The van der Waals surface area contributed by atoms with Crippen molar-refractivity contribution in [3.8, 4) is 0 Å². The largest absolute Gasteiger partial charge is 0.469 e. The summed E-state index contributed by atoms with van der Waals surface area (Å²) < 4.78 is 29.4. The number of rotatable bonds is 6. The lowest BCUT2D eigenvalue weighted by atomic mass is 10.2. The summed E-state index contributed by atoms with van der Waals surface area (Å²) in [5, 5.41) is 2.28. The van der Waals surface area contributed by atoms with Crippen LogP contribution in [-0.2, 0) is 19.4 Å². The Morgan fingerprint density at radius 1 is 1.17 bits per heavy atom. The number of esters is 1. The molecule has 0 unspecified atom stereocenters. The van der Waals surface area contributed by atoms with E-state index in [1.165, 1.54) is 31.4 Å². The van der Waals surface area contributed by atoms with E-state index in [-0.39, 0.29) is 29.0 Å². The van der Waals surface area contributed by atoms with Gasteiger partial charge in [-0.25, -0.2) is 8.42 Å². The summed E-state index contributed by atoms with van der Waals surface area (Å²) in [6, 6.07) is 5.94. The van der Waals surface area contributed by atoms with E-state index < -0.39 is 15.8 Å². The summed E-state index contributed by atoms with van der Waals surface area (Å²) in [5.74, 6) is -0.748. The summed E-state index contributed by atoms with van der Waals surface area (Å²) >= 11 is 0. The number of carbonyl (C=O) groups is 2. The molecule has 1 N–H and O–H groups in total. The molecule has 0 aromatic heterocycles. The second-order valence-corrected chi connectivity index (χ2v) is 7.79. The summed E-state index contributed by atoms with van der Waals surface area (Å²) in [7, 11) is -2.02. The Hall–Kier alpha value is -1.89. The number of sulfone groups is 1. The van der Waals surface area contributed by atoms with Crippen molar-refractivity contribution in [2.24, 2.45) is 0 Å². The van der Waals surface area contributed by atoms with Crippen molar-refractivity contribution in [3.05, 3.63) is 29.8 Å². The Balaban J connectivity index is 1.98. The molecule has 0 aliphatic heterocycles. The minimum Gasteiger partial charge on any atom is -0.469 e. The first-order chi connectivity index (χ1) is 10.9. The van der Waals surface area contributed by atoms with Crippen LogP contribution in [0.1, 0.15) is 42.5 Å². The van der Waals surface area contributed by atoms with Gasteiger partial charge in [-0.3, -0.25) is 9.59 Å². The molecule has 1 aliphatic rings. The molecule has 126 valence electrons. The molecule has 2 rings (SSSR count). The molecule has 1 aromatic carbocycles. The van der Waals surface area contributed by atoms with E-state index in [1.807, 2.05) is 0 Å². The topological polar surface area (TPSA) is 89.5 Å². The van der Waals surface area contributed by atoms with Crippen LogP contribution < -0.4 is 5.32 Å². The summed E-state index contributed by atoms with van der Waals surface area (Å²) in [6.07, 6.45) is 3.40. The van der Waals surface area contributed by atoms with Crippen LogP contribution in [0.5, 0.6) is 0 Å². The first-order valence-corrected chi connectivity index (χ1v) is 9.19. The number of carbonyl (C=O) groups excluding carboxylic acids is 2. The molecule has 1 amide bonds. The SMILES string of the molecule is COC(=O)CCNC(=O)c1ccc(S(=O)(=O)C2CCCC2)cc1. The quantitative estimate of drug-likeness (QED) is 0.797. The van der Waals surface area contributed by atoms with Crippen molar-refractivity contribution in [3.63, 3.8) is 0 Å². The molecule has 1 aromatic rings. The normalized spacial score (nSPS) is 15.3. The highest BCUT2D eigenvalue weighted by molar-refractivity contribution is 7.92. The van der Waals surface area contributed by atoms with Crippen molar-refractivity contribution in [1.82, 2.24) is 5.32 Å². The zero-order chi connectivity index (χ0) is 16.9. The molecular weight excluding hydrogens is 318 g/mol. The maximum absolute atomic E-state index is 12.4. The minimum absolute atomic E-state index is 0.0936. The predicted octanol–water partition coefficient (Wildman–Crippen LogP) is 1.70. The van der Waals surface area contributed by atoms with Gasteiger partial charge in [0.15, 0.2) is 9.84 Å². The molecule has 6 nitrogen and oxygen atoms in total. The molecule has 1 fully saturated rings. The fourth-order valence-electron chi connectivity index (χ4n) is 2.67. The second-order valence-electron chi connectivity index (χ2n) is 5.56. The average Bonchev–Trinajstić information content (AvgIpc) is 3.10. The van der Waals surface area contributed by atoms with Crippen LogP contribution >= 0.6 is 0 Å². The number of hydrogen-bond acceptors (Lipinski definition) is 5. The standard InChI is InChI=1S/C16H21NO5S/c1-22-15(18)10-11-17-16(19)12-6-8-14(9-7-12)23(20,21)13-4-2-3-5-13/h6-9,13H,2-5,10-11H2,1H3,(H,17,19). The van der Waals surface area contributed by atoms with Crippen LogP contribution in [0.4, 0.5) is 0 Å². The van der Waals surface area contributed by atoms with Crippen molar-refractivity contribution in [1.29, 1.82) is 0 Å². The van der Waals surface area contributed by atoms with E-state index >= 15 is 0 Å². The Morgan fingerprint density at radius 2 is 1.78 bits per heavy atom. The number of nitrogens with one attached hydrogen (secondary N) is 1. The van der Waals surface area contributed by atoms with E-state index in [4.69, 9.17) is 0 Å². The number of amides is 1. The van der Waals surface area contributed by atoms with Crippen molar-refractivity contribution >= 4 is 21.7 Å². The number of methoxy groups -OCH3 is 1. The van der Waals surface area contributed by atoms with Gasteiger partial charge in [-0.2, -0.15) is 0 Å². The van der Waals surface area contributed by atoms with Crippen LogP contribution in [0.15, 0.2) is 29.2 Å². The van der Waals surface area contributed by atoms with E-state index in [2.05, 4.69) is 10.1 Å². The number of hydrogen-bond donors (Lipinski definition) is 1. The monoisotopic (exact) mass is 339 g/mol. The van der Waals surface area contributed by atoms with Gasteiger partial charge in [0.05, 0.1) is 23.7 Å². The Labute approximate surface area is 136 Å². The molecule has 0 saturated heterocycles. The molecule has 0 heterocycles. The Kier molecular flexibility index (Phi) is 5.76. The van der Waals surface area contributed by atoms with Gasteiger partial charge in [0, 0.05) is 12.1 Å². The molecule has 0 bridgehead atoms. The molecule has 0 atom stereocenters. The van der Waals surface area contributed by atoms with Crippen LogP contribution in [0.3, 0.4) is 0 Å². The summed E-state index contributed by atoms with van der Waals surface area (Å²) in [4.78, 5) is 23.1. The minimum atomic E-state index is -3.31. The van der Waals surface area contributed by atoms with E-state index in [0.717, 1.165) is 12.8 Å². The second kappa shape index (κ2) is 7.59. The Morgan fingerprint density at radius 3 is 2.35 bits per heavy atom. The Bertz CT molecular complexity index is 660. The first-order valence-electron chi connectivity index (χ1n) is 7.64. The van der Waals surface area contributed by atoms with Crippen LogP contribution in [-0.4, -0.2) is 39.2 Å². The smallest absolute Gasteiger partial charge is 0.307 e. The lowest BCUT2D eigenvalue weighted by Crippen LogP contribution is -2.26.